The smallest absolute Gasteiger partial charge is 0.168 e. The number of hydrogen-bond donors (Lipinski definition) is 1. The molecule has 0 atom stereocenters. The second-order valence-corrected chi connectivity index (χ2v) is 5.48. The second kappa shape index (κ2) is 8.76. The zero-order valence-electron chi connectivity index (χ0n) is 12.8. The molecule has 0 unspecified atom stereocenters. The van der Waals surface area contributed by atoms with E-state index < -0.39 is 0 Å². The van der Waals surface area contributed by atoms with Gasteiger partial charge in [-0.3, -0.25) is 0 Å². The summed E-state index contributed by atoms with van der Waals surface area (Å²) < 4.78 is 5.15. The maximum atomic E-state index is 5.38. The molecule has 1 aromatic rings. The lowest BCUT2D eigenvalue weighted by Gasteiger charge is -2.21. The van der Waals surface area contributed by atoms with Gasteiger partial charge in [0.05, 0.1) is 7.11 Å². The van der Waals surface area contributed by atoms with E-state index in [4.69, 9.17) is 17.0 Å². The summed E-state index contributed by atoms with van der Waals surface area (Å²) in [6, 6.07) is 8.06. The lowest BCUT2D eigenvalue weighted by molar-refractivity contribution is 0.397. The number of rotatable bonds is 7. The van der Waals surface area contributed by atoms with Gasteiger partial charge in [0.25, 0.3) is 0 Å². The van der Waals surface area contributed by atoms with Gasteiger partial charge in [0.15, 0.2) is 5.11 Å². The number of thiocarbonyl (C=S) groups is 1. The molecule has 0 spiro atoms. The second-order valence-electron chi connectivity index (χ2n) is 5.09. The predicted octanol–water partition coefficient (Wildman–Crippen LogP) is 1.95. The van der Waals surface area contributed by atoms with Crippen molar-refractivity contribution in [1.82, 2.24) is 15.1 Å². The molecule has 1 aromatic carbocycles. The molecule has 0 fully saturated rings. The van der Waals surface area contributed by atoms with E-state index in [1.807, 2.05) is 24.1 Å². The molecule has 1 rings (SSSR count). The molecule has 0 saturated heterocycles. The van der Waals surface area contributed by atoms with Crippen LogP contribution in [0, 0.1) is 0 Å². The Hall–Kier alpha value is -1.33. The van der Waals surface area contributed by atoms with Crippen LogP contribution >= 0.6 is 12.2 Å². The highest BCUT2D eigenvalue weighted by molar-refractivity contribution is 7.80. The summed E-state index contributed by atoms with van der Waals surface area (Å²) in [6.07, 6.45) is 1.09. The van der Waals surface area contributed by atoms with Gasteiger partial charge in [-0.1, -0.05) is 12.1 Å². The van der Waals surface area contributed by atoms with Crippen LogP contribution in [0.25, 0.3) is 0 Å². The number of methoxy groups -OCH3 is 1. The molecule has 1 N–H and O–H groups in total. The molecule has 0 aliphatic heterocycles. The molecule has 0 saturated carbocycles. The highest BCUT2D eigenvalue weighted by Gasteiger charge is 2.05. The Morgan fingerprint density at radius 2 is 1.85 bits per heavy atom. The van der Waals surface area contributed by atoms with Gasteiger partial charge in [0.1, 0.15) is 5.75 Å². The summed E-state index contributed by atoms with van der Waals surface area (Å²) in [7, 11) is 7.83. The van der Waals surface area contributed by atoms with Crippen molar-refractivity contribution in [3.05, 3.63) is 29.8 Å². The summed E-state index contributed by atoms with van der Waals surface area (Å²) in [4.78, 5) is 4.22. The van der Waals surface area contributed by atoms with Crippen LogP contribution in [0.1, 0.15) is 12.0 Å². The molecule has 0 radical (unpaired) electrons. The molecular weight excluding hydrogens is 270 g/mol. The zero-order chi connectivity index (χ0) is 15.0. The van der Waals surface area contributed by atoms with E-state index in [0.29, 0.717) is 0 Å². The van der Waals surface area contributed by atoms with Gasteiger partial charge in [-0.2, -0.15) is 0 Å². The lowest BCUT2D eigenvalue weighted by Crippen LogP contribution is -2.37. The minimum atomic E-state index is 0.791. The number of nitrogens with zero attached hydrogens (tertiary/aromatic N) is 2. The highest BCUT2D eigenvalue weighted by Crippen LogP contribution is 2.12. The molecule has 0 bridgehead atoms. The highest BCUT2D eigenvalue weighted by atomic mass is 32.1. The fourth-order valence-electron chi connectivity index (χ4n) is 1.80. The van der Waals surface area contributed by atoms with Gasteiger partial charge in [-0.05, 0) is 57.0 Å². The van der Waals surface area contributed by atoms with Crippen LogP contribution in [0.2, 0.25) is 0 Å². The first-order valence-corrected chi connectivity index (χ1v) is 7.20. The SMILES string of the molecule is COc1ccc(CN(C)C(=S)NCCCN(C)C)cc1. The monoisotopic (exact) mass is 295 g/mol. The first-order valence-electron chi connectivity index (χ1n) is 6.79. The lowest BCUT2D eigenvalue weighted by atomic mass is 10.2. The summed E-state index contributed by atoms with van der Waals surface area (Å²) >= 11 is 5.38. The summed E-state index contributed by atoms with van der Waals surface area (Å²) in [5.74, 6) is 0.876. The third-order valence-corrected chi connectivity index (χ3v) is 3.44. The van der Waals surface area contributed by atoms with Gasteiger partial charge >= 0.3 is 0 Å². The third-order valence-electron chi connectivity index (χ3n) is 2.98. The van der Waals surface area contributed by atoms with E-state index in [2.05, 4.69) is 36.4 Å². The first kappa shape index (κ1) is 16.7. The Morgan fingerprint density at radius 3 is 2.40 bits per heavy atom. The van der Waals surface area contributed by atoms with Crippen LogP contribution in [-0.2, 0) is 6.54 Å². The summed E-state index contributed by atoms with van der Waals surface area (Å²) in [5, 5.41) is 4.08. The van der Waals surface area contributed by atoms with Crippen molar-refractivity contribution in [2.75, 3.05) is 41.3 Å². The molecule has 4 nitrogen and oxygen atoms in total. The minimum absolute atomic E-state index is 0.791. The Labute approximate surface area is 127 Å². The standard InChI is InChI=1S/C15H25N3OS/c1-17(2)11-5-10-16-15(20)18(3)12-13-6-8-14(19-4)9-7-13/h6-9H,5,10-12H2,1-4H3,(H,16,20). The molecule has 0 aliphatic rings. The molecule has 0 amide bonds. The summed E-state index contributed by atoms with van der Waals surface area (Å²) in [5.41, 5.74) is 1.21. The van der Waals surface area contributed by atoms with E-state index in [1.54, 1.807) is 7.11 Å². The average molecular weight is 295 g/mol. The number of nitrogens with one attached hydrogen (secondary N) is 1. The topological polar surface area (TPSA) is 27.7 Å². The minimum Gasteiger partial charge on any atom is -0.497 e. The Bertz CT molecular complexity index is 406. The van der Waals surface area contributed by atoms with E-state index in [1.165, 1.54) is 5.56 Å². The van der Waals surface area contributed by atoms with Gasteiger partial charge in [0.2, 0.25) is 0 Å². The van der Waals surface area contributed by atoms with Crippen LogP contribution in [0.4, 0.5) is 0 Å². The number of benzene rings is 1. The van der Waals surface area contributed by atoms with Gasteiger partial charge < -0.3 is 19.9 Å². The maximum Gasteiger partial charge on any atom is 0.168 e. The van der Waals surface area contributed by atoms with Crippen molar-refractivity contribution in [3.63, 3.8) is 0 Å². The molecule has 5 heteroatoms. The van der Waals surface area contributed by atoms with E-state index in [0.717, 1.165) is 36.9 Å². The van der Waals surface area contributed by atoms with Crippen LogP contribution < -0.4 is 10.1 Å². The van der Waals surface area contributed by atoms with Crippen LogP contribution in [0.5, 0.6) is 5.75 Å². The van der Waals surface area contributed by atoms with Gasteiger partial charge in [-0.25, -0.2) is 0 Å². The maximum absolute atomic E-state index is 5.38. The third kappa shape index (κ3) is 6.21. The molecule has 0 aromatic heterocycles. The first-order chi connectivity index (χ1) is 9.52. The molecular formula is C15H25N3OS. The van der Waals surface area contributed by atoms with Crippen molar-refractivity contribution in [2.24, 2.45) is 0 Å². The molecule has 0 aliphatic carbocycles. The van der Waals surface area contributed by atoms with Crippen molar-refractivity contribution in [1.29, 1.82) is 0 Å². The Kier molecular flexibility index (Phi) is 7.33. The van der Waals surface area contributed by atoms with Crippen LogP contribution in [-0.4, -0.2) is 56.3 Å². The largest absolute Gasteiger partial charge is 0.497 e. The van der Waals surface area contributed by atoms with E-state index in [-0.39, 0.29) is 0 Å². The number of hydrogen-bond acceptors (Lipinski definition) is 3. The van der Waals surface area contributed by atoms with Gasteiger partial charge in [0, 0.05) is 20.1 Å². The molecule has 112 valence electrons. The summed E-state index contributed by atoms with van der Waals surface area (Å²) in [6.45, 7) is 2.77. The van der Waals surface area contributed by atoms with Crippen LogP contribution in [0.3, 0.4) is 0 Å². The Morgan fingerprint density at radius 1 is 1.20 bits per heavy atom. The fraction of sp³-hybridized carbons (Fsp3) is 0.533. The molecule has 0 heterocycles. The molecule has 20 heavy (non-hydrogen) atoms. The van der Waals surface area contributed by atoms with Gasteiger partial charge in [-0.15, -0.1) is 0 Å². The Balaban J connectivity index is 2.33. The fourth-order valence-corrected chi connectivity index (χ4v) is 1.97. The van der Waals surface area contributed by atoms with E-state index in [9.17, 15) is 0 Å². The zero-order valence-corrected chi connectivity index (χ0v) is 13.7. The quantitative estimate of drug-likeness (QED) is 0.613. The van der Waals surface area contributed by atoms with Crippen molar-refractivity contribution >= 4 is 17.3 Å². The average Bonchev–Trinajstić information content (AvgIpc) is 2.44. The van der Waals surface area contributed by atoms with Crippen molar-refractivity contribution < 1.29 is 4.74 Å². The predicted molar refractivity (Wildman–Crippen MR) is 88.2 cm³/mol. The van der Waals surface area contributed by atoms with E-state index >= 15 is 0 Å². The number of ether oxygens (including phenoxy) is 1. The van der Waals surface area contributed by atoms with Crippen molar-refractivity contribution in [3.8, 4) is 5.75 Å². The normalized spacial score (nSPS) is 10.4. The van der Waals surface area contributed by atoms with Crippen molar-refractivity contribution in [2.45, 2.75) is 13.0 Å². The van der Waals surface area contributed by atoms with Crippen LogP contribution in [0.15, 0.2) is 24.3 Å².